The maximum Gasteiger partial charge on any atom is 0.246 e. The van der Waals surface area contributed by atoms with E-state index in [1.165, 1.54) is 11.4 Å². The summed E-state index contributed by atoms with van der Waals surface area (Å²) >= 11 is 0. The summed E-state index contributed by atoms with van der Waals surface area (Å²) in [6, 6.07) is 3.61. The molecule has 1 aliphatic rings. The van der Waals surface area contributed by atoms with Gasteiger partial charge in [-0.15, -0.1) is 12.4 Å². The fourth-order valence-electron chi connectivity index (χ4n) is 2.67. The zero-order valence-electron chi connectivity index (χ0n) is 12.8. The molecule has 0 saturated carbocycles. The van der Waals surface area contributed by atoms with E-state index in [9.17, 15) is 8.42 Å². The molecule has 1 N–H and O–H groups in total. The van der Waals surface area contributed by atoms with Gasteiger partial charge < -0.3 is 10.1 Å². The second-order valence-corrected chi connectivity index (χ2v) is 7.25. The first-order chi connectivity index (χ1) is 9.37. The summed E-state index contributed by atoms with van der Waals surface area (Å²) in [7, 11) is -0.391. The molecule has 1 unspecified atom stereocenters. The number of rotatable bonds is 4. The highest BCUT2D eigenvalue weighted by atomic mass is 35.5. The number of nitrogens with zero attached hydrogens (tertiary/aromatic N) is 1. The van der Waals surface area contributed by atoms with Crippen molar-refractivity contribution in [3.63, 3.8) is 0 Å². The van der Waals surface area contributed by atoms with Crippen LogP contribution in [0.5, 0.6) is 5.75 Å². The summed E-state index contributed by atoms with van der Waals surface area (Å²) in [4.78, 5) is 0.256. The van der Waals surface area contributed by atoms with Crippen LogP contribution in [0.1, 0.15) is 17.5 Å². The Balaban J connectivity index is 0.00000220. The van der Waals surface area contributed by atoms with Gasteiger partial charge >= 0.3 is 0 Å². The van der Waals surface area contributed by atoms with E-state index in [1.807, 2.05) is 19.9 Å². The zero-order valence-corrected chi connectivity index (χ0v) is 14.5. The maximum atomic E-state index is 12.8. The minimum atomic E-state index is -3.54. The van der Waals surface area contributed by atoms with E-state index in [2.05, 4.69) is 5.32 Å². The Morgan fingerprint density at radius 3 is 2.52 bits per heavy atom. The Kier molecular flexibility index (Phi) is 6.04. The van der Waals surface area contributed by atoms with Gasteiger partial charge in [-0.25, -0.2) is 8.42 Å². The molecule has 21 heavy (non-hydrogen) atoms. The zero-order chi connectivity index (χ0) is 14.9. The van der Waals surface area contributed by atoms with Crippen molar-refractivity contribution < 1.29 is 13.2 Å². The molecule has 1 heterocycles. The molecule has 0 aliphatic carbocycles. The summed E-state index contributed by atoms with van der Waals surface area (Å²) in [5.41, 5.74) is 1.75. The molecule has 0 aromatic heterocycles. The van der Waals surface area contributed by atoms with E-state index >= 15 is 0 Å². The molecule has 0 amide bonds. The topological polar surface area (TPSA) is 58.6 Å². The Labute approximate surface area is 133 Å². The molecule has 5 nitrogen and oxygen atoms in total. The fourth-order valence-corrected chi connectivity index (χ4v) is 4.37. The van der Waals surface area contributed by atoms with E-state index in [0.29, 0.717) is 12.3 Å². The largest absolute Gasteiger partial charge is 0.495 e. The van der Waals surface area contributed by atoms with Crippen LogP contribution in [-0.4, -0.2) is 46.0 Å². The van der Waals surface area contributed by atoms with E-state index < -0.39 is 10.0 Å². The second-order valence-electron chi connectivity index (χ2n) is 5.28. The Morgan fingerprint density at radius 2 is 2.00 bits per heavy atom. The molecule has 1 fully saturated rings. The van der Waals surface area contributed by atoms with E-state index in [-0.39, 0.29) is 23.3 Å². The lowest BCUT2D eigenvalue weighted by molar-refractivity contribution is 0.374. The minimum absolute atomic E-state index is 0. The molecule has 1 aromatic rings. The SMILES string of the molecule is COc1c(C)cc(C)cc1S(=O)(=O)N(C)C1CCNC1.Cl. The molecule has 0 radical (unpaired) electrons. The molecular weight excluding hydrogens is 312 g/mol. The number of halogens is 1. The van der Waals surface area contributed by atoms with Gasteiger partial charge in [0.15, 0.2) is 0 Å². The van der Waals surface area contributed by atoms with Gasteiger partial charge in [-0.05, 0) is 44.0 Å². The van der Waals surface area contributed by atoms with Crippen LogP contribution in [0.3, 0.4) is 0 Å². The summed E-state index contributed by atoms with van der Waals surface area (Å²) in [6.07, 6.45) is 0.836. The van der Waals surface area contributed by atoms with Crippen LogP contribution < -0.4 is 10.1 Å². The number of sulfonamides is 1. The minimum Gasteiger partial charge on any atom is -0.495 e. The van der Waals surface area contributed by atoms with Crippen molar-refractivity contribution >= 4 is 22.4 Å². The first kappa shape index (κ1) is 18.2. The molecule has 1 atom stereocenters. The van der Waals surface area contributed by atoms with Crippen LogP contribution >= 0.6 is 12.4 Å². The van der Waals surface area contributed by atoms with Crippen LogP contribution in [0.15, 0.2) is 17.0 Å². The van der Waals surface area contributed by atoms with Crippen LogP contribution in [0.4, 0.5) is 0 Å². The average molecular weight is 335 g/mol. The van der Waals surface area contributed by atoms with Crippen LogP contribution in [0.25, 0.3) is 0 Å². The number of likely N-dealkylation sites (N-methyl/N-ethyl adjacent to an activating group) is 1. The van der Waals surface area contributed by atoms with Gasteiger partial charge in [-0.3, -0.25) is 0 Å². The Morgan fingerprint density at radius 1 is 1.33 bits per heavy atom. The highest BCUT2D eigenvalue weighted by Crippen LogP contribution is 2.32. The lowest BCUT2D eigenvalue weighted by Gasteiger charge is -2.24. The first-order valence-corrected chi connectivity index (χ1v) is 8.16. The Bertz CT molecular complexity index is 598. The molecule has 1 aliphatic heterocycles. The predicted octanol–water partition coefficient (Wildman–Crippen LogP) is 1.72. The van der Waals surface area contributed by atoms with Gasteiger partial charge in [0.05, 0.1) is 7.11 Å². The number of benzene rings is 1. The van der Waals surface area contributed by atoms with Crippen molar-refractivity contribution in [2.24, 2.45) is 0 Å². The summed E-state index contributed by atoms with van der Waals surface area (Å²) in [5.74, 6) is 0.438. The number of ether oxygens (including phenoxy) is 1. The maximum absolute atomic E-state index is 12.8. The van der Waals surface area contributed by atoms with Crippen LogP contribution in [0.2, 0.25) is 0 Å². The standard InChI is InChI=1S/C14H22N2O3S.ClH/c1-10-7-11(2)14(19-4)13(8-10)20(17,18)16(3)12-5-6-15-9-12;/h7-8,12,15H,5-6,9H2,1-4H3;1H. The smallest absolute Gasteiger partial charge is 0.246 e. The molecule has 1 aromatic carbocycles. The fraction of sp³-hybridized carbons (Fsp3) is 0.571. The number of nitrogens with one attached hydrogen (secondary N) is 1. The number of hydrogen-bond acceptors (Lipinski definition) is 4. The lowest BCUT2D eigenvalue weighted by atomic mass is 10.1. The molecule has 2 rings (SSSR count). The van der Waals surface area contributed by atoms with Crippen LogP contribution in [-0.2, 0) is 10.0 Å². The Hall–Kier alpha value is -0.820. The number of methoxy groups -OCH3 is 1. The van der Waals surface area contributed by atoms with Crippen molar-refractivity contribution in [1.29, 1.82) is 0 Å². The monoisotopic (exact) mass is 334 g/mol. The van der Waals surface area contributed by atoms with Gasteiger partial charge in [-0.2, -0.15) is 4.31 Å². The van der Waals surface area contributed by atoms with Crippen molar-refractivity contribution in [2.75, 3.05) is 27.2 Å². The van der Waals surface area contributed by atoms with Gasteiger partial charge in [0.1, 0.15) is 10.6 Å². The molecule has 1 saturated heterocycles. The number of hydrogen-bond donors (Lipinski definition) is 1. The lowest BCUT2D eigenvalue weighted by Crippen LogP contribution is -2.38. The molecule has 0 bridgehead atoms. The quantitative estimate of drug-likeness (QED) is 0.910. The third-order valence-corrected chi connectivity index (χ3v) is 5.71. The third-order valence-electron chi connectivity index (χ3n) is 3.79. The summed E-state index contributed by atoms with van der Waals surface area (Å²) < 4.78 is 32.4. The van der Waals surface area contributed by atoms with Crippen LogP contribution in [0, 0.1) is 13.8 Å². The highest BCUT2D eigenvalue weighted by molar-refractivity contribution is 7.89. The van der Waals surface area contributed by atoms with E-state index in [4.69, 9.17) is 4.74 Å². The van der Waals surface area contributed by atoms with Gasteiger partial charge in [0.2, 0.25) is 10.0 Å². The van der Waals surface area contributed by atoms with Crippen molar-refractivity contribution in [2.45, 2.75) is 31.2 Å². The molecule has 0 spiro atoms. The number of aryl methyl sites for hydroxylation is 2. The average Bonchev–Trinajstić information content (AvgIpc) is 2.90. The van der Waals surface area contributed by atoms with E-state index in [0.717, 1.165) is 24.1 Å². The normalized spacial score (nSPS) is 18.6. The van der Waals surface area contributed by atoms with Crippen molar-refractivity contribution in [3.05, 3.63) is 23.3 Å². The summed E-state index contributed by atoms with van der Waals surface area (Å²) in [6.45, 7) is 5.31. The summed E-state index contributed by atoms with van der Waals surface area (Å²) in [5, 5.41) is 3.19. The first-order valence-electron chi connectivity index (χ1n) is 6.72. The van der Waals surface area contributed by atoms with Gasteiger partial charge in [-0.1, -0.05) is 6.07 Å². The predicted molar refractivity (Wildman–Crippen MR) is 85.9 cm³/mol. The third kappa shape index (κ3) is 3.51. The van der Waals surface area contributed by atoms with Gasteiger partial charge in [0.25, 0.3) is 0 Å². The molecular formula is C14H23ClN2O3S. The second kappa shape index (κ2) is 6.96. The molecule has 7 heteroatoms. The van der Waals surface area contributed by atoms with E-state index in [1.54, 1.807) is 13.1 Å². The highest BCUT2D eigenvalue weighted by Gasteiger charge is 2.32. The van der Waals surface area contributed by atoms with Crippen molar-refractivity contribution in [3.8, 4) is 5.75 Å². The van der Waals surface area contributed by atoms with Gasteiger partial charge in [0, 0.05) is 19.6 Å². The van der Waals surface area contributed by atoms with Crippen molar-refractivity contribution in [1.82, 2.24) is 9.62 Å². The molecule has 120 valence electrons.